The number of hydrogen-bond donors (Lipinski definition) is 1. The van der Waals surface area contributed by atoms with Gasteiger partial charge in [0.1, 0.15) is 0 Å². The highest BCUT2D eigenvalue weighted by Crippen LogP contribution is 2.47. The van der Waals surface area contributed by atoms with Crippen molar-refractivity contribution in [1.29, 1.82) is 0 Å². The fourth-order valence-corrected chi connectivity index (χ4v) is 5.29. The second-order valence-electron chi connectivity index (χ2n) is 7.02. The minimum Gasteiger partial charge on any atom is -0.374 e. The Morgan fingerprint density at radius 1 is 1.36 bits per heavy atom. The van der Waals surface area contributed by atoms with Gasteiger partial charge in [-0.15, -0.1) is 35.3 Å². The van der Waals surface area contributed by atoms with Gasteiger partial charge >= 0.3 is 0 Å². The van der Waals surface area contributed by atoms with E-state index in [1.54, 1.807) is 11.3 Å². The number of imidazole rings is 1. The molecule has 3 fully saturated rings. The van der Waals surface area contributed by atoms with E-state index in [0.29, 0.717) is 30.6 Å². The maximum atomic E-state index is 6.08. The summed E-state index contributed by atoms with van der Waals surface area (Å²) in [7, 11) is 0. The minimum absolute atomic E-state index is 0. The standard InChI is InChI=1S/C17H23N5OS.HI/c1-2-18-16(19-7-11-8-21-5-6-24-17(21)20-11)22-9-12-13(10-22)15-4-3-14(12)23-15;/h5-6,8,12-15H,2-4,7,9-10H2,1H3,(H,18,19);1H. The summed E-state index contributed by atoms with van der Waals surface area (Å²) in [6.07, 6.45) is 7.60. The highest BCUT2D eigenvalue weighted by Gasteiger charge is 2.53. The Morgan fingerprint density at radius 2 is 2.12 bits per heavy atom. The Morgan fingerprint density at radius 3 is 2.80 bits per heavy atom. The van der Waals surface area contributed by atoms with E-state index >= 15 is 0 Å². The molecule has 4 unspecified atom stereocenters. The predicted molar refractivity (Wildman–Crippen MR) is 110 cm³/mol. The van der Waals surface area contributed by atoms with E-state index in [1.807, 2.05) is 6.20 Å². The largest absolute Gasteiger partial charge is 0.374 e. The van der Waals surface area contributed by atoms with E-state index < -0.39 is 0 Å². The summed E-state index contributed by atoms with van der Waals surface area (Å²) in [4.78, 5) is 13.0. The van der Waals surface area contributed by atoms with Crippen molar-refractivity contribution in [2.45, 2.75) is 38.5 Å². The summed E-state index contributed by atoms with van der Waals surface area (Å²) in [5.74, 6) is 2.43. The van der Waals surface area contributed by atoms with Crippen LogP contribution in [0.3, 0.4) is 0 Å². The number of halogens is 1. The van der Waals surface area contributed by atoms with E-state index in [2.05, 4.69) is 38.1 Å². The van der Waals surface area contributed by atoms with Crippen LogP contribution in [0.5, 0.6) is 0 Å². The Hall–Kier alpha value is -0.870. The second kappa shape index (κ2) is 7.03. The van der Waals surface area contributed by atoms with Gasteiger partial charge in [0.15, 0.2) is 10.9 Å². The number of guanidine groups is 1. The predicted octanol–water partition coefficient (Wildman–Crippen LogP) is 2.59. The van der Waals surface area contributed by atoms with E-state index in [1.165, 1.54) is 12.8 Å². The molecule has 4 atom stereocenters. The number of fused-ring (bicyclic) bond motifs is 6. The number of aromatic nitrogens is 2. The van der Waals surface area contributed by atoms with Crippen LogP contribution in [-0.2, 0) is 11.3 Å². The van der Waals surface area contributed by atoms with Crippen molar-refractivity contribution in [2.24, 2.45) is 16.8 Å². The lowest BCUT2D eigenvalue weighted by Gasteiger charge is -2.23. The maximum Gasteiger partial charge on any atom is 0.194 e. The molecule has 25 heavy (non-hydrogen) atoms. The average Bonchev–Trinajstić information content (AvgIpc) is 3.35. The Balaban J connectivity index is 0.00000157. The Labute approximate surface area is 168 Å². The van der Waals surface area contributed by atoms with Gasteiger partial charge in [-0.05, 0) is 19.8 Å². The summed E-state index contributed by atoms with van der Waals surface area (Å²) in [5.41, 5.74) is 1.03. The molecular formula is C17H24IN5OS. The monoisotopic (exact) mass is 473 g/mol. The van der Waals surface area contributed by atoms with E-state index in [-0.39, 0.29) is 24.0 Å². The molecule has 2 aromatic rings. The molecule has 0 amide bonds. The van der Waals surface area contributed by atoms with Crippen molar-refractivity contribution in [3.05, 3.63) is 23.5 Å². The number of thiazole rings is 1. The summed E-state index contributed by atoms with van der Waals surface area (Å²) in [6, 6.07) is 0. The van der Waals surface area contributed by atoms with Gasteiger partial charge in [-0.25, -0.2) is 9.98 Å². The lowest BCUT2D eigenvalue weighted by molar-refractivity contribution is 0.0767. The molecular weight excluding hydrogens is 449 g/mol. The molecule has 0 aliphatic carbocycles. The first-order valence-corrected chi connectivity index (χ1v) is 9.79. The van der Waals surface area contributed by atoms with E-state index in [0.717, 1.165) is 36.2 Å². The molecule has 5 rings (SSSR count). The summed E-state index contributed by atoms with van der Waals surface area (Å²) in [6.45, 7) is 5.82. The zero-order valence-corrected chi connectivity index (χ0v) is 17.4. The van der Waals surface area contributed by atoms with Crippen LogP contribution in [0, 0.1) is 11.8 Å². The molecule has 136 valence electrons. The zero-order chi connectivity index (χ0) is 16.1. The normalized spacial score (nSPS) is 30.8. The van der Waals surface area contributed by atoms with Crippen molar-refractivity contribution in [3.63, 3.8) is 0 Å². The van der Waals surface area contributed by atoms with Crippen LogP contribution in [0.25, 0.3) is 4.96 Å². The van der Waals surface area contributed by atoms with Gasteiger partial charge in [0.05, 0.1) is 24.4 Å². The number of likely N-dealkylation sites (tertiary alicyclic amines) is 1. The van der Waals surface area contributed by atoms with Gasteiger partial charge in [-0.2, -0.15) is 0 Å². The first-order valence-electron chi connectivity index (χ1n) is 8.91. The molecule has 5 heterocycles. The third-order valence-corrected chi connectivity index (χ3v) is 6.39. The highest BCUT2D eigenvalue weighted by molar-refractivity contribution is 14.0. The van der Waals surface area contributed by atoms with Crippen LogP contribution in [0.15, 0.2) is 22.8 Å². The van der Waals surface area contributed by atoms with Crippen LogP contribution < -0.4 is 5.32 Å². The quantitative estimate of drug-likeness (QED) is 0.423. The third kappa shape index (κ3) is 3.06. The van der Waals surface area contributed by atoms with Crippen molar-refractivity contribution in [1.82, 2.24) is 19.6 Å². The highest BCUT2D eigenvalue weighted by atomic mass is 127. The molecule has 6 nitrogen and oxygen atoms in total. The number of nitrogens with one attached hydrogen (secondary N) is 1. The number of ether oxygens (including phenoxy) is 1. The molecule has 3 aliphatic heterocycles. The lowest BCUT2D eigenvalue weighted by Crippen LogP contribution is -2.41. The summed E-state index contributed by atoms with van der Waals surface area (Å²) < 4.78 is 8.15. The van der Waals surface area contributed by atoms with Gasteiger partial charge in [0.2, 0.25) is 0 Å². The van der Waals surface area contributed by atoms with Crippen molar-refractivity contribution in [2.75, 3.05) is 19.6 Å². The number of nitrogens with zero attached hydrogens (tertiary/aromatic N) is 4. The van der Waals surface area contributed by atoms with Crippen LogP contribution in [0.2, 0.25) is 0 Å². The van der Waals surface area contributed by atoms with Crippen LogP contribution >= 0.6 is 35.3 Å². The van der Waals surface area contributed by atoms with Crippen LogP contribution in [0.4, 0.5) is 0 Å². The van der Waals surface area contributed by atoms with Crippen LogP contribution in [-0.4, -0.2) is 52.1 Å². The first-order chi connectivity index (χ1) is 11.8. The number of hydrogen-bond acceptors (Lipinski definition) is 4. The zero-order valence-electron chi connectivity index (χ0n) is 14.3. The molecule has 2 aromatic heterocycles. The second-order valence-corrected chi connectivity index (χ2v) is 7.89. The van der Waals surface area contributed by atoms with Crippen molar-refractivity contribution in [3.8, 4) is 0 Å². The van der Waals surface area contributed by atoms with Crippen molar-refractivity contribution >= 4 is 46.2 Å². The molecule has 0 aromatic carbocycles. The molecule has 0 spiro atoms. The topological polar surface area (TPSA) is 54.2 Å². The number of aliphatic imine (C=N–C) groups is 1. The fourth-order valence-electron chi connectivity index (χ4n) is 4.57. The Bertz CT molecular complexity index is 728. The number of rotatable bonds is 3. The Kier molecular flexibility index (Phi) is 4.93. The third-order valence-electron chi connectivity index (χ3n) is 5.62. The molecule has 3 saturated heterocycles. The van der Waals surface area contributed by atoms with E-state index in [9.17, 15) is 0 Å². The summed E-state index contributed by atoms with van der Waals surface area (Å²) >= 11 is 1.66. The van der Waals surface area contributed by atoms with Crippen molar-refractivity contribution < 1.29 is 4.74 Å². The molecule has 2 bridgehead atoms. The summed E-state index contributed by atoms with van der Waals surface area (Å²) in [5, 5.41) is 5.52. The molecule has 8 heteroatoms. The molecule has 0 radical (unpaired) electrons. The SMILES string of the molecule is CCNC(=NCc1cn2ccsc2n1)N1CC2C3CCC(O3)C2C1.I. The first kappa shape index (κ1) is 17.5. The van der Waals surface area contributed by atoms with Gasteiger partial charge in [0, 0.05) is 49.2 Å². The lowest BCUT2D eigenvalue weighted by atomic mass is 9.82. The van der Waals surface area contributed by atoms with Gasteiger partial charge in [-0.1, -0.05) is 0 Å². The molecule has 1 N–H and O–H groups in total. The minimum atomic E-state index is 0. The van der Waals surface area contributed by atoms with Gasteiger partial charge < -0.3 is 15.0 Å². The maximum absolute atomic E-state index is 6.08. The average molecular weight is 473 g/mol. The van der Waals surface area contributed by atoms with Gasteiger partial charge in [-0.3, -0.25) is 4.40 Å². The van der Waals surface area contributed by atoms with Crippen LogP contribution in [0.1, 0.15) is 25.5 Å². The smallest absolute Gasteiger partial charge is 0.194 e. The molecule has 0 saturated carbocycles. The van der Waals surface area contributed by atoms with Gasteiger partial charge in [0.25, 0.3) is 0 Å². The fraction of sp³-hybridized carbons (Fsp3) is 0.647. The molecule has 3 aliphatic rings. The van der Waals surface area contributed by atoms with E-state index in [4.69, 9.17) is 9.73 Å².